The van der Waals surface area contributed by atoms with E-state index in [2.05, 4.69) is 50.4 Å². The fraction of sp³-hybridized carbons (Fsp3) is 0.467. The lowest BCUT2D eigenvalue weighted by molar-refractivity contribution is 0.814. The summed E-state index contributed by atoms with van der Waals surface area (Å²) >= 11 is 0. The molecule has 16 heavy (non-hydrogen) atoms. The monoisotopic (exact) mass is 217 g/mol. The molecule has 0 spiro atoms. The van der Waals surface area contributed by atoms with Gasteiger partial charge in [0.2, 0.25) is 0 Å². The van der Waals surface area contributed by atoms with E-state index in [-0.39, 0.29) is 0 Å². The van der Waals surface area contributed by atoms with Crippen molar-refractivity contribution in [3.63, 3.8) is 0 Å². The maximum Gasteiger partial charge on any atom is -0.00113 e. The first-order valence-electron chi connectivity index (χ1n) is 6.12. The fourth-order valence-corrected chi connectivity index (χ4v) is 1.93. The van der Waals surface area contributed by atoms with Crippen molar-refractivity contribution in [2.45, 2.75) is 33.6 Å². The van der Waals surface area contributed by atoms with E-state index in [4.69, 9.17) is 0 Å². The molecule has 0 radical (unpaired) electrons. The van der Waals surface area contributed by atoms with Crippen LogP contribution >= 0.6 is 0 Å². The van der Waals surface area contributed by atoms with Crippen LogP contribution in [0.3, 0.4) is 0 Å². The first-order valence-corrected chi connectivity index (χ1v) is 6.12. The Morgan fingerprint density at radius 3 is 2.69 bits per heavy atom. The second-order valence-electron chi connectivity index (χ2n) is 4.17. The van der Waals surface area contributed by atoms with Crippen LogP contribution < -0.4 is 5.32 Å². The van der Waals surface area contributed by atoms with E-state index in [9.17, 15) is 0 Å². The molecule has 0 heterocycles. The molecule has 1 nitrogen and oxygen atoms in total. The topological polar surface area (TPSA) is 12.0 Å². The highest BCUT2D eigenvalue weighted by Gasteiger charge is 2.04. The number of nitrogens with one attached hydrogen (secondary N) is 1. The highest BCUT2D eigenvalue weighted by molar-refractivity contribution is 5.68. The predicted octanol–water partition coefficient (Wildman–Crippen LogP) is 3.57. The highest BCUT2D eigenvalue weighted by atomic mass is 14.8. The molecule has 1 aromatic carbocycles. The van der Waals surface area contributed by atoms with Gasteiger partial charge in [0.05, 0.1) is 0 Å². The molecule has 0 amide bonds. The Hall–Kier alpha value is -1.08. The van der Waals surface area contributed by atoms with Gasteiger partial charge in [0.1, 0.15) is 0 Å². The van der Waals surface area contributed by atoms with Crippen molar-refractivity contribution in [2.24, 2.45) is 0 Å². The van der Waals surface area contributed by atoms with Gasteiger partial charge in [-0.3, -0.25) is 0 Å². The lowest BCUT2D eigenvalue weighted by atomic mass is 9.95. The van der Waals surface area contributed by atoms with Crippen molar-refractivity contribution in [1.82, 2.24) is 5.32 Å². The summed E-state index contributed by atoms with van der Waals surface area (Å²) in [5.74, 6) is 0. The van der Waals surface area contributed by atoms with Crippen LogP contribution in [0.5, 0.6) is 0 Å². The summed E-state index contributed by atoms with van der Waals surface area (Å²) in [5.41, 5.74) is 5.66. The maximum absolute atomic E-state index is 3.21. The Morgan fingerprint density at radius 2 is 2.12 bits per heavy atom. The molecule has 0 saturated carbocycles. The average Bonchev–Trinajstić information content (AvgIpc) is 2.32. The molecule has 0 aliphatic carbocycles. The molecule has 0 atom stereocenters. The summed E-state index contributed by atoms with van der Waals surface area (Å²) in [7, 11) is 2.00. The van der Waals surface area contributed by atoms with Crippen LogP contribution in [0, 0.1) is 6.92 Å². The maximum atomic E-state index is 3.21. The Morgan fingerprint density at radius 1 is 1.38 bits per heavy atom. The van der Waals surface area contributed by atoms with Crippen LogP contribution in [-0.2, 0) is 6.42 Å². The summed E-state index contributed by atoms with van der Waals surface area (Å²) in [6.07, 6.45) is 4.44. The smallest absolute Gasteiger partial charge is 0.00113 e. The zero-order valence-electron chi connectivity index (χ0n) is 10.9. The Balaban J connectivity index is 2.99. The molecule has 1 aromatic rings. The van der Waals surface area contributed by atoms with E-state index >= 15 is 0 Å². The number of rotatable bonds is 5. The highest BCUT2D eigenvalue weighted by Crippen LogP contribution is 2.23. The zero-order chi connectivity index (χ0) is 12.0. The van der Waals surface area contributed by atoms with Gasteiger partial charge < -0.3 is 5.32 Å². The van der Waals surface area contributed by atoms with Gasteiger partial charge in [0.15, 0.2) is 0 Å². The summed E-state index contributed by atoms with van der Waals surface area (Å²) in [6, 6.07) is 6.79. The summed E-state index contributed by atoms with van der Waals surface area (Å²) < 4.78 is 0. The average molecular weight is 217 g/mol. The zero-order valence-corrected chi connectivity index (χ0v) is 10.9. The standard InChI is InChI=1S/C15H23N/c1-5-13-8-7-12(3)15(11-13)14(6-2)9-10-16-4/h6-8,11,16H,5,9-10H2,1-4H3/b14-6-. The van der Waals surface area contributed by atoms with Crippen molar-refractivity contribution in [3.05, 3.63) is 41.0 Å². The third-order valence-electron chi connectivity index (χ3n) is 3.05. The lowest BCUT2D eigenvalue weighted by Gasteiger charge is -2.12. The second kappa shape index (κ2) is 6.49. The van der Waals surface area contributed by atoms with E-state index in [1.807, 2.05) is 7.05 Å². The molecular weight excluding hydrogens is 194 g/mol. The van der Waals surface area contributed by atoms with Crippen LogP contribution in [-0.4, -0.2) is 13.6 Å². The Kier molecular flexibility index (Phi) is 5.27. The van der Waals surface area contributed by atoms with Crippen LogP contribution in [0.25, 0.3) is 5.57 Å². The molecule has 88 valence electrons. The largest absolute Gasteiger partial charge is 0.319 e. The number of hydrogen-bond acceptors (Lipinski definition) is 1. The summed E-state index contributed by atoms with van der Waals surface area (Å²) in [5, 5.41) is 3.21. The first kappa shape index (κ1) is 13.0. The fourth-order valence-electron chi connectivity index (χ4n) is 1.93. The first-order chi connectivity index (χ1) is 7.72. The minimum absolute atomic E-state index is 1.04. The van der Waals surface area contributed by atoms with Crippen molar-refractivity contribution >= 4 is 5.57 Å². The van der Waals surface area contributed by atoms with Crippen molar-refractivity contribution < 1.29 is 0 Å². The second-order valence-corrected chi connectivity index (χ2v) is 4.17. The van der Waals surface area contributed by atoms with Gasteiger partial charge in [-0.05, 0) is 62.5 Å². The molecule has 1 N–H and O–H groups in total. The van der Waals surface area contributed by atoms with Gasteiger partial charge in [-0.15, -0.1) is 0 Å². The normalized spacial score (nSPS) is 11.9. The van der Waals surface area contributed by atoms with Crippen molar-refractivity contribution in [3.8, 4) is 0 Å². The summed E-state index contributed by atoms with van der Waals surface area (Å²) in [6.45, 7) is 7.56. The van der Waals surface area contributed by atoms with Crippen LogP contribution in [0.4, 0.5) is 0 Å². The molecule has 1 rings (SSSR count). The molecule has 0 aliphatic heterocycles. The molecule has 0 unspecified atom stereocenters. The molecule has 0 bridgehead atoms. The van der Waals surface area contributed by atoms with Gasteiger partial charge in [0.25, 0.3) is 0 Å². The third-order valence-corrected chi connectivity index (χ3v) is 3.05. The van der Waals surface area contributed by atoms with Crippen LogP contribution in [0.15, 0.2) is 24.3 Å². The number of hydrogen-bond donors (Lipinski definition) is 1. The van der Waals surface area contributed by atoms with E-state index in [0.29, 0.717) is 0 Å². The molecule has 1 heteroatoms. The van der Waals surface area contributed by atoms with Crippen molar-refractivity contribution in [2.75, 3.05) is 13.6 Å². The van der Waals surface area contributed by atoms with Crippen LogP contribution in [0.2, 0.25) is 0 Å². The van der Waals surface area contributed by atoms with Gasteiger partial charge in [-0.2, -0.15) is 0 Å². The van der Waals surface area contributed by atoms with Gasteiger partial charge in [-0.25, -0.2) is 0 Å². The molecule has 0 saturated heterocycles. The molecule has 0 aromatic heterocycles. The van der Waals surface area contributed by atoms with Crippen molar-refractivity contribution in [1.29, 1.82) is 0 Å². The van der Waals surface area contributed by atoms with Gasteiger partial charge >= 0.3 is 0 Å². The molecule has 0 aliphatic rings. The van der Waals surface area contributed by atoms with Gasteiger partial charge in [-0.1, -0.05) is 31.2 Å². The SMILES string of the molecule is C/C=C(/CCNC)c1cc(CC)ccc1C. The van der Waals surface area contributed by atoms with Crippen LogP contribution in [0.1, 0.15) is 37.0 Å². The van der Waals surface area contributed by atoms with Gasteiger partial charge in [0, 0.05) is 0 Å². The lowest BCUT2D eigenvalue weighted by Crippen LogP contribution is -2.08. The van der Waals surface area contributed by atoms with E-state index in [0.717, 1.165) is 19.4 Å². The van der Waals surface area contributed by atoms with E-state index in [1.54, 1.807) is 0 Å². The number of benzene rings is 1. The minimum Gasteiger partial charge on any atom is -0.319 e. The van der Waals surface area contributed by atoms with E-state index in [1.165, 1.54) is 22.3 Å². The summed E-state index contributed by atoms with van der Waals surface area (Å²) in [4.78, 5) is 0. The quantitative estimate of drug-likeness (QED) is 0.795. The molecular formula is C15H23N. The Bertz CT molecular complexity index is 364. The number of aryl methyl sites for hydroxylation is 2. The molecule has 0 fully saturated rings. The Labute approximate surface area is 99.6 Å². The predicted molar refractivity (Wildman–Crippen MR) is 72.8 cm³/mol. The minimum atomic E-state index is 1.04. The van der Waals surface area contributed by atoms with E-state index < -0.39 is 0 Å². The third kappa shape index (κ3) is 3.21. The number of allylic oxidation sites excluding steroid dienone is 1.